The van der Waals surface area contributed by atoms with Crippen molar-refractivity contribution in [3.8, 4) is 5.75 Å². The van der Waals surface area contributed by atoms with Gasteiger partial charge >= 0.3 is 0 Å². The van der Waals surface area contributed by atoms with Crippen LogP contribution in [0.4, 0.5) is 0 Å². The highest BCUT2D eigenvalue weighted by atomic mass is 16.5. The summed E-state index contributed by atoms with van der Waals surface area (Å²) in [7, 11) is 0. The van der Waals surface area contributed by atoms with Gasteiger partial charge in [-0.3, -0.25) is 4.98 Å². The Morgan fingerprint density at radius 1 is 1.43 bits per heavy atom. The Balaban J connectivity index is 1.58. The van der Waals surface area contributed by atoms with Crippen molar-refractivity contribution in [1.29, 1.82) is 0 Å². The maximum atomic E-state index is 6.13. The molecule has 2 heterocycles. The Morgan fingerprint density at radius 3 is 2.90 bits per heavy atom. The number of aromatic nitrogens is 1. The lowest BCUT2D eigenvalue weighted by Crippen LogP contribution is -2.41. The Kier molecular flexibility index (Phi) is 4.45. The number of rotatable bonds is 4. The van der Waals surface area contributed by atoms with Crippen molar-refractivity contribution < 1.29 is 9.47 Å². The fourth-order valence-electron chi connectivity index (χ4n) is 3.57. The molecular weight excluding hydrogens is 264 g/mol. The molecule has 0 radical (unpaired) electrons. The van der Waals surface area contributed by atoms with Crippen molar-refractivity contribution in [3.63, 3.8) is 0 Å². The van der Waals surface area contributed by atoms with Gasteiger partial charge in [0.05, 0.1) is 18.4 Å². The van der Waals surface area contributed by atoms with Gasteiger partial charge in [0.25, 0.3) is 0 Å². The van der Waals surface area contributed by atoms with Gasteiger partial charge in [0.15, 0.2) is 0 Å². The summed E-state index contributed by atoms with van der Waals surface area (Å²) in [4.78, 5) is 4.44. The van der Waals surface area contributed by atoms with Crippen LogP contribution in [0.1, 0.15) is 51.1 Å². The second-order valence-corrected chi connectivity index (χ2v) is 6.64. The number of hydrogen-bond acceptors (Lipinski definition) is 4. The minimum atomic E-state index is 0.102. The van der Waals surface area contributed by atoms with E-state index < -0.39 is 0 Å². The molecule has 1 aromatic heterocycles. The topological polar surface area (TPSA) is 57.4 Å². The fraction of sp³-hybridized carbons (Fsp3) is 0.706. The lowest BCUT2D eigenvalue weighted by atomic mass is 9.90. The monoisotopic (exact) mass is 290 g/mol. The molecule has 2 N–H and O–H groups in total. The van der Waals surface area contributed by atoms with E-state index in [9.17, 15) is 0 Å². The zero-order valence-electron chi connectivity index (χ0n) is 12.9. The number of hydrogen-bond donors (Lipinski definition) is 1. The van der Waals surface area contributed by atoms with Crippen molar-refractivity contribution in [3.05, 3.63) is 24.0 Å². The van der Waals surface area contributed by atoms with Crippen LogP contribution in [0.15, 0.2) is 18.3 Å². The molecule has 1 saturated heterocycles. The van der Waals surface area contributed by atoms with Gasteiger partial charge in [-0.05, 0) is 31.9 Å². The summed E-state index contributed by atoms with van der Waals surface area (Å²) in [6.07, 6.45) is 9.86. The molecule has 21 heavy (non-hydrogen) atoms. The maximum absolute atomic E-state index is 6.13. The van der Waals surface area contributed by atoms with Gasteiger partial charge in [0.2, 0.25) is 0 Å². The van der Waals surface area contributed by atoms with E-state index in [0.717, 1.165) is 37.3 Å². The molecule has 2 fully saturated rings. The summed E-state index contributed by atoms with van der Waals surface area (Å²) in [5.74, 6) is 0.864. The first-order valence-corrected chi connectivity index (χ1v) is 8.16. The van der Waals surface area contributed by atoms with Crippen molar-refractivity contribution in [2.24, 2.45) is 5.73 Å². The van der Waals surface area contributed by atoms with Crippen molar-refractivity contribution in [2.75, 3.05) is 6.61 Å². The second kappa shape index (κ2) is 6.32. The standard InChI is InChI=1S/C17H26N2O2/c1-13(18)10-14-4-5-16(12-19-14)21-15-6-9-20-17(11-15)7-2-3-8-17/h4-5,12-13,15H,2-3,6-11,18H2,1H3. The van der Waals surface area contributed by atoms with E-state index in [0.29, 0.717) is 0 Å². The van der Waals surface area contributed by atoms with Crippen LogP contribution in [0, 0.1) is 0 Å². The lowest BCUT2D eigenvalue weighted by Gasteiger charge is -2.38. The number of pyridine rings is 1. The molecule has 1 spiro atoms. The van der Waals surface area contributed by atoms with E-state index in [-0.39, 0.29) is 17.7 Å². The van der Waals surface area contributed by atoms with Crippen molar-refractivity contribution >= 4 is 0 Å². The minimum absolute atomic E-state index is 0.102. The molecule has 2 aliphatic rings. The van der Waals surface area contributed by atoms with E-state index >= 15 is 0 Å². The van der Waals surface area contributed by atoms with Gasteiger partial charge in [-0.25, -0.2) is 0 Å². The molecule has 116 valence electrons. The van der Waals surface area contributed by atoms with Crippen LogP contribution in [-0.4, -0.2) is 29.3 Å². The van der Waals surface area contributed by atoms with E-state index in [1.54, 1.807) is 0 Å². The van der Waals surface area contributed by atoms with Gasteiger partial charge in [0.1, 0.15) is 11.9 Å². The first-order chi connectivity index (χ1) is 10.2. The van der Waals surface area contributed by atoms with Crippen LogP contribution < -0.4 is 10.5 Å². The molecule has 1 aliphatic carbocycles. The third-order valence-electron chi connectivity index (χ3n) is 4.59. The van der Waals surface area contributed by atoms with Crippen LogP contribution in [0.2, 0.25) is 0 Å². The van der Waals surface area contributed by atoms with Gasteiger partial charge in [0, 0.05) is 31.0 Å². The molecule has 1 aromatic rings. The average Bonchev–Trinajstić information content (AvgIpc) is 2.88. The van der Waals surface area contributed by atoms with Gasteiger partial charge in [-0.2, -0.15) is 0 Å². The van der Waals surface area contributed by atoms with Crippen LogP contribution in [0.5, 0.6) is 5.75 Å². The maximum Gasteiger partial charge on any atom is 0.138 e. The molecule has 2 atom stereocenters. The third-order valence-corrected chi connectivity index (χ3v) is 4.59. The van der Waals surface area contributed by atoms with E-state index in [2.05, 4.69) is 4.98 Å². The molecule has 1 aliphatic heterocycles. The highest BCUT2D eigenvalue weighted by Gasteiger charge is 2.40. The normalized spacial score (nSPS) is 25.9. The summed E-state index contributed by atoms with van der Waals surface area (Å²) in [5, 5.41) is 0. The molecule has 2 unspecified atom stereocenters. The van der Waals surface area contributed by atoms with Crippen molar-refractivity contribution in [1.82, 2.24) is 4.98 Å². The molecular formula is C17H26N2O2. The Labute approximate surface area is 127 Å². The Bertz CT molecular complexity index is 452. The van der Waals surface area contributed by atoms with Crippen LogP contribution >= 0.6 is 0 Å². The summed E-state index contributed by atoms with van der Waals surface area (Å²) in [6.45, 7) is 2.82. The van der Waals surface area contributed by atoms with E-state index in [1.807, 2.05) is 25.3 Å². The number of ether oxygens (including phenoxy) is 2. The third kappa shape index (κ3) is 3.74. The average molecular weight is 290 g/mol. The summed E-state index contributed by atoms with van der Waals surface area (Å²) in [6, 6.07) is 4.17. The zero-order valence-corrected chi connectivity index (χ0v) is 12.9. The molecule has 0 aromatic carbocycles. The highest BCUT2D eigenvalue weighted by molar-refractivity contribution is 5.20. The van der Waals surface area contributed by atoms with E-state index in [1.165, 1.54) is 25.7 Å². The molecule has 3 rings (SSSR count). The minimum Gasteiger partial charge on any atom is -0.489 e. The summed E-state index contributed by atoms with van der Waals surface area (Å²) >= 11 is 0. The number of nitrogens with two attached hydrogens (primary N) is 1. The van der Waals surface area contributed by atoms with E-state index in [4.69, 9.17) is 15.2 Å². The Hall–Kier alpha value is -1.13. The molecule has 0 amide bonds. The SMILES string of the molecule is CC(N)Cc1ccc(OC2CCOC3(CCCC3)C2)cn1. The fourth-order valence-corrected chi connectivity index (χ4v) is 3.57. The van der Waals surface area contributed by atoms with Crippen LogP contribution in [-0.2, 0) is 11.2 Å². The first-order valence-electron chi connectivity index (χ1n) is 8.16. The Morgan fingerprint density at radius 2 is 2.24 bits per heavy atom. The highest BCUT2D eigenvalue weighted by Crippen LogP contribution is 2.40. The largest absolute Gasteiger partial charge is 0.489 e. The summed E-state index contributed by atoms with van der Waals surface area (Å²) < 4.78 is 12.2. The smallest absolute Gasteiger partial charge is 0.138 e. The molecule has 1 saturated carbocycles. The van der Waals surface area contributed by atoms with Crippen molar-refractivity contribution in [2.45, 2.75) is 69.6 Å². The second-order valence-electron chi connectivity index (χ2n) is 6.64. The summed E-state index contributed by atoms with van der Waals surface area (Å²) in [5.41, 5.74) is 6.92. The molecule has 0 bridgehead atoms. The van der Waals surface area contributed by atoms with Crippen LogP contribution in [0.3, 0.4) is 0 Å². The lowest BCUT2D eigenvalue weighted by molar-refractivity contribution is -0.108. The first kappa shape index (κ1) is 14.8. The number of nitrogens with zero attached hydrogens (tertiary/aromatic N) is 1. The molecule has 4 heteroatoms. The molecule has 4 nitrogen and oxygen atoms in total. The van der Waals surface area contributed by atoms with Gasteiger partial charge in [-0.15, -0.1) is 0 Å². The van der Waals surface area contributed by atoms with Crippen LogP contribution in [0.25, 0.3) is 0 Å². The van der Waals surface area contributed by atoms with Gasteiger partial charge < -0.3 is 15.2 Å². The van der Waals surface area contributed by atoms with Gasteiger partial charge in [-0.1, -0.05) is 12.8 Å². The quantitative estimate of drug-likeness (QED) is 0.926. The predicted octanol–water partition coefficient (Wildman–Crippen LogP) is 2.84. The predicted molar refractivity (Wildman–Crippen MR) is 82.4 cm³/mol. The zero-order chi connectivity index (χ0) is 14.7.